The minimum atomic E-state index is -0.755. The number of rotatable bonds is 6. The van der Waals surface area contributed by atoms with E-state index >= 15 is 0 Å². The van der Waals surface area contributed by atoms with Crippen LogP contribution < -0.4 is 0 Å². The number of thioether (sulfide) groups is 1. The number of aryl methyl sites for hydroxylation is 1. The highest BCUT2D eigenvalue weighted by Gasteiger charge is 2.13. The van der Waals surface area contributed by atoms with Crippen LogP contribution in [0, 0.1) is 6.92 Å². The van der Waals surface area contributed by atoms with E-state index in [1.807, 2.05) is 0 Å². The number of hydrogen-bond donors (Lipinski definition) is 1. The van der Waals surface area contributed by atoms with Gasteiger partial charge in [0.15, 0.2) is 0 Å². The molecule has 1 aromatic carbocycles. The first-order valence-electron chi connectivity index (χ1n) is 7.29. The van der Waals surface area contributed by atoms with E-state index in [-0.39, 0.29) is 6.42 Å². The number of carboxylic acids is 1. The van der Waals surface area contributed by atoms with E-state index < -0.39 is 5.97 Å². The van der Waals surface area contributed by atoms with Crippen molar-refractivity contribution in [3.63, 3.8) is 0 Å². The zero-order valence-electron chi connectivity index (χ0n) is 12.7. The molecular weight excluding hydrogens is 328 g/mol. The van der Waals surface area contributed by atoms with Gasteiger partial charge in [-0.2, -0.15) is 0 Å². The molecule has 6 heteroatoms. The smallest absolute Gasteiger partial charge is 0.303 e. The molecule has 0 atom stereocenters. The number of nitrogens with zero attached hydrogens (tertiary/aromatic N) is 2. The molecule has 0 saturated heterocycles. The third kappa shape index (κ3) is 3.71. The SMILES string of the molecule is Cc1ccc(-c2csc3ncnc(SCCCC(=O)O)c23)cc1. The van der Waals surface area contributed by atoms with Crippen molar-refractivity contribution in [1.29, 1.82) is 0 Å². The Balaban J connectivity index is 1.91. The van der Waals surface area contributed by atoms with Crippen LogP contribution >= 0.6 is 23.1 Å². The normalized spacial score (nSPS) is 11.0. The zero-order valence-corrected chi connectivity index (χ0v) is 14.3. The second-order valence-electron chi connectivity index (χ2n) is 5.22. The maximum Gasteiger partial charge on any atom is 0.303 e. The number of fused-ring (bicyclic) bond motifs is 1. The maximum absolute atomic E-state index is 10.6. The van der Waals surface area contributed by atoms with Crippen molar-refractivity contribution < 1.29 is 9.90 Å². The van der Waals surface area contributed by atoms with E-state index in [0.717, 1.165) is 32.1 Å². The topological polar surface area (TPSA) is 63.1 Å². The van der Waals surface area contributed by atoms with E-state index in [1.54, 1.807) is 29.4 Å². The monoisotopic (exact) mass is 344 g/mol. The Kier molecular flexibility index (Phi) is 4.93. The maximum atomic E-state index is 10.6. The molecule has 4 nitrogen and oxygen atoms in total. The van der Waals surface area contributed by atoms with Crippen LogP contribution in [0.5, 0.6) is 0 Å². The van der Waals surface area contributed by atoms with Crippen LogP contribution in [0.25, 0.3) is 21.3 Å². The summed E-state index contributed by atoms with van der Waals surface area (Å²) >= 11 is 3.21. The van der Waals surface area contributed by atoms with E-state index in [1.165, 1.54) is 5.56 Å². The van der Waals surface area contributed by atoms with Crippen molar-refractivity contribution >= 4 is 39.3 Å². The van der Waals surface area contributed by atoms with Gasteiger partial charge in [-0.15, -0.1) is 23.1 Å². The quantitative estimate of drug-likeness (QED) is 0.401. The summed E-state index contributed by atoms with van der Waals surface area (Å²) in [6.07, 6.45) is 2.41. The molecule has 0 aliphatic carbocycles. The predicted octanol–water partition coefficient (Wildman–Crippen LogP) is 4.62. The largest absolute Gasteiger partial charge is 0.481 e. The summed E-state index contributed by atoms with van der Waals surface area (Å²) in [6, 6.07) is 8.43. The average molecular weight is 344 g/mol. The van der Waals surface area contributed by atoms with E-state index in [0.29, 0.717) is 6.42 Å². The molecule has 0 spiro atoms. The first-order chi connectivity index (χ1) is 11.1. The Labute approximate surface area is 142 Å². The molecule has 0 amide bonds. The minimum absolute atomic E-state index is 0.190. The van der Waals surface area contributed by atoms with Gasteiger partial charge in [-0.1, -0.05) is 29.8 Å². The minimum Gasteiger partial charge on any atom is -0.481 e. The lowest BCUT2D eigenvalue weighted by Crippen LogP contribution is -1.95. The van der Waals surface area contributed by atoms with Gasteiger partial charge in [-0.25, -0.2) is 9.97 Å². The van der Waals surface area contributed by atoms with Crippen LogP contribution in [0.2, 0.25) is 0 Å². The summed E-state index contributed by atoms with van der Waals surface area (Å²) in [4.78, 5) is 20.4. The number of carboxylic acid groups (broad SMARTS) is 1. The molecule has 3 rings (SSSR count). The summed E-state index contributed by atoms with van der Waals surface area (Å²) in [5.74, 6) is -0.0176. The van der Waals surface area contributed by atoms with Crippen molar-refractivity contribution in [3.05, 3.63) is 41.5 Å². The molecule has 2 heterocycles. The van der Waals surface area contributed by atoms with Crippen molar-refractivity contribution in [3.8, 4) is 11.1 Å². The first-order valence-corrected chi connectivity index (χ1v) is 9.15. The Morgan fingerprint density at radius 3 is 2.78 bits per heavy atom. The van der Waals surface area contributed by atoms with Crippen molar-refractivity contribution in [2.75, 3.05) is 5.75 Å². The summed E-state index contributed by atoms with van der Waals surface area (Å²) in [5, 5.41) is 12.8. The van der Waals surface area contributed by atoms with Crippen LogP contribution in [-0.2, 0) is 4.79 Å². The van der Waals surface area contributed by atoms with Gasteiger partial charge in [0.05, 0.1) is 5.39 Å². The van der Waals surface area contributed by atoms with Gasteiger partial charge in [-0.3, -0.25) is 4.79 Å². The summed E-state index contributed by atoms with van der Waals surface area (Å²) in [6.45, 7) is 2.07. The van der Waals surface area contributed by atoms with Gasteiger partial charge in [-0.05, 0) is 18.9 Å². The Morgan fingerprint density at radius 1 is 1.26 bits per heavy atom. The van der Waals surface area contributed by atoms with Gasteiger partial charge in [0.2, 0.25) is 0 Å². The molecular formula is C17H16N2O2S2. The third-order valence-corrected chi connectivity index (χ3v) is 5.43. The van der Waals surface area contributed by atoms with Crippen molar-refractivity contribution in [2.24, 2.45) is 0 Å². The molecule has 1 N–H and O–H groups in total. The molecule has 2 aromatic heterocycles. The lowest BCUT2D eigenvalue weighted by molar-refractivity contribution is -0.137. The fraction of sp³-hybridized carbons (Fsp3) is 0.235. The van der Waals surface area contributed by atoms with Crippen molar-refractivity contribution in [2.45, 2.75) is 24.8 Å². The average Bonchev–Trinajstić information content (AvgIpc) is 2.97. The zero-order chi connectivity index (χ0) is 16.2. The Morgan fingerprint density at radius 2 is 2.04 bits per heavy atom. The standard InChI is InChI=1S/C17H16N2O2S2/c1-11-4-6-12(7-5-11)13-9-23-17-15(13)16(18-10-19-17)22-8-2-3-14(20)21/h4-7,9-10H,2-3,8H2,1H3,(H,20,21). The van der Waals surface area contributed by atoms with Gasteiger partial charge in [0.25, 0.3) is 0 Å². The van der Waals surface area contributed by atoms with Crippen LogP contribution in [0.1, 0.15) is 18.4 Å². The fourth-order valence-electron chi connectivity index (χ4n) is 2.29. The second-order valence-corrected chi connectivity index (χ2v) is 7.16. The van der Waals surface area contributed by atoms with Gasteiger partial charge >= 0.3 is 5.97 Å². The van der Waals surface area contributed by atoms with Crippen LogP contribution in [-0.4, -0.2) is 26.8 Å². The molecule has 0 saturated carbocycles. The number of thiophene rings is 1. The molecule has 0 aliphatic rings. The lowest BCUT2D eigenvalue weighted by Gasteiger charge is -2.05. The summed E-state index contributed by atoms with van der Waals surface area (Å²) < 4.78 is 0. The molecule has 0 bridgehead atoms. The molecule has 3 aromatic rings. The van der Waals surface area contributed by atoms with Crippen LogP contribution in [0.4, 0.5) is 0 Å². The van der Waals surface area contributed by atoms with E-state index in [9.17, 15) is 4.79 Å². The first kappa shape index (κ1) is 16.0. The Hall–Kier alpha value is -1.92. The van der Waals surface area contributed by atoms with E-state index in [4.69, 9.17) is 5.11 Å². The van der Waals surface area contributed by atoms with Crippen LogP contribution in [0.3, 0.4) is 0 Å². The highest BCUT2D eigenvalue weighted by molar-refractivity contribution is 7.99. The number of aliphatic carboxylic acids is 1. The molecule has 23 heavy (non-hydrogen) atoms. The molecule has 0 aliphatic heterocycles. The summed E-state index contributed by atoms with van der Waals surface area (Å²) in [7, 11) is 0. The van der Waals surface area contributed by atoms with Crippen molar-refractivity contribution in [1.82, 2.24) is 9.97 Å². The number of benzene rings is 1. The summed E-state index contributed by atoms with van der Waals surface area (Å²) in [5.41, 5.74) is 3.53. The highest BCUT2D eigenvalue weighted by atomic mass is 32.2. The van der Waals surface area contributed by atoms with Crippen LogP contribution in [0.15, 0.2) is 41.0 Å². The molecule has 0 radical (unpaired) electrons. The predicted molar refractivity (Wildman–Crippen MR) is 95.2 cm³/mol. The Bertz CT molecular complexity index is 828. The molecule has 118 valence electrons. The van der Waals surface area contributed by atoms with E-state index in [2.05, 4.69) is 46.5 Å². The second kappa shape index (κ2) is 7.10. The number of aromatic nitrogens is 2. The molecule has 0 fully saturated rings. The number of hydrogen-bond acceptors (Lipinski definition) is 5. The lowest BCUT2D eigenvalue weighted by atomic mass is 10.1. The fourth-order valence-corrected chi connectivity index (χ4v) is 4.23. The van der Waals surface area contributed by atoms with Gasteiger partial charge in [0, 0.05) is 23.1 Å². The highest BCUT2D eigenvalue weighted by Crippen LogP contribution is 2.38. The van der Waals surface area contributed by atoms with Gasteiger partial charge < -0.3 is 5.11 Å². The molecule has 0 unspecified atom stereocenters. The third-order valence-electron chi connectivity index (χ3n) is 3.47. The number of carbonyl (C=O) groups is 1. The van der Waals surface area contributed by atoms with Gasteiger partial charge in [0.1, 0.15) is 16.2 Å².